The zero-order valence-electron chi connectivity index (χ0n) is 9.54. The van der Waals surface area contributed by atoms with Crippen LogP contribution in [0, 0.1) is 5.82 Å². The molecule has 1 aliphatic heterocycles. The fourth-order valence-electron chi connectivity index (χ4n) is 1.86. The van der Waals surface area contributed by atoms with Crippen LogP contribution in [0.2, 0.25) is 0 Å². The van der Waals surface area contributed by atoms with E-state index in [1.54, 1.807) is 17.0 Å². The van der Waals surface area contributed by atoms with E-state index in [1.807, 2.05) is 0 Å². The summed E-state index contributed by atoms with van der Waals surface area (Å²) in [6, 6.07) is 4.52. The molecule has 98 valence electrons. The minimum Gasteiger partial charge on any atom is -0.374 e. The highest BCUT2D eigenvalue weighted by molar-refractivity contribution is 9.10. The number of hydrogen-bond donors (Lipinski definition) is 0. The number of carbonyl (C=O) groups is 1. The van der Waals surface area contributed by atoms with Crippen molar-refractivity contribution in [2.75, 3.05) is 25.0 Å². The lowest BCUT2D eigenvalue weighted by Crippen LogP contribution is -2.46. The van der Waals surface area contributed by atoms with Gasteiger partial charge in [-0.05, 0) is 28.1 Å². The molecular formula is C12H12Br2FNO2. The third kappa shape index (κ3) is 2.92. The number of carbonyl (C=O) groups excluding carboxylic acids is 1. The third-order valence-corrected chi connectivity index (χ3v) is 4.16. The van der Waals surface area contributed by atoms with Gasteiger partial charge in [0, 0.05) is 22.9 Å². The Labute approximate surface area is 122 Å². The summed E-state index contributed by atoms with van der Waals surface area (Å²) in [6.07, 6.45) is -0.0340. The van der Waals surface area contributed by atoms with Crippen LogP contribution in [0.1, 0.15) is 10.4 Å². The minimum atomic E-state index is -0.503. The molecule has 1 unspecified atom stereocenters. The van der Waals surface area contributed by atoms with Crippen molar-refractivity contribution < 1.29 is 13.9 Å². The van der Waals surface area contributed by atoms with E-state index in [9.17, 15) is 9.18 Å². The molecule has 0 radical (unpaired) electrons. The highest BCUT2D eigenvalue weighted by atomic mass is 79.9. The van der Waals surface area contributed by atoms with Crippen molar-refractivity contribution in [1.82, 2.24) is 4.90 Å². The van der Waals surface area contributed by atoms with Gasteiger partial charge in [0.2, 0.25) is 0 Å². The summed E-state index contributed by atoms with van der Waals surface area (Å²) in [4.78, 5) is 13.9. The maximum atomic E-state index is 13.7. The van der Waals surface area contributed by atoms with Crippen LogP contribution in [-0.4, -0.2) is 41.9 Å². The number of morpholine rings is 1. The van der Waals surface area contributed by atoms with E-state index in [1.165, 1.54) is 6.07 Å². The normalized spacial score (nSPS) is 19.9. The maximum Gasteiger partial charge on any atom is 0.258 e. The topological polar surface area (TPSA) is 29.5 Å². The first-order chi connectivity index (χ1) is 8.63. The summed E-state index contributed by atoms with van der Waals surface area (Å²) in [5, 5.41) is 0.662. The lowest BCUT2D eigenvalue weighted by Gasteiger charge is -2.32. The number of alkyl halides is 1. The third-order valence-electron chi connectivity index (χ3n) is 2.77. The highest BCUT2D eigenvalue weighted by Crippen LogP contribution is 2.22. The first-order valence-electron chi connectivity index (χ1n) is 5.54. The first kappa shape index (κ1) is 14.0. The molecule has 0 aliphatic carbocycles. The number of amides is 1. The molecule has 1 aromatic rings. The molecule has 1 saturated heterocycles. The van der Waals surface area contributed by atoms with Gasteiger partial charge in [-0.2, -0.15) is 0 Å². The van der Waals surface area contributed by atoms with Gasteiger partial charge in [-0.15, -0.1) is 0 Å². The molecule has 0 bridgehead atoms. The molecule has 1 atom stereocenters. The van der Waals surface area contributed by atoms with Gasteiger partial charge in [0.05, 0.1) is 18.3 Å². The number of rotatable bonds is 2. The fourth-order valence-corrected chi connectivity index (χ4v) is 2.76. The van der Waals surface area contributed by atoms with E-state index >= 15 is 0 Å². The zero-order chi connectivity index (χ0) is 13.1. The molecule has 0 saturated carbocycles. The summed E-state index contributed by atoms with van der Waals surface area (Å²) in [5.41, 5.74) is 0.0905. The first-order valence-corrected chi connectivity index (χ1v) is 7.45. The Balaban J connectivity index is 2.20. The molecule has 0 aromatic heterocycles. The van der Waals surface area contributed by atoms with Crippen LogP contribution >= 0.6 is 31.9 Å². The Morgan fingerprint density at radius 1 is 1.56 bits per heavy atom. The van der Waals surface area contributed by atoms with Gasteiger partial charge < -0.3 is 9.64 Å². The van der Waals surface area contributed by atoms with Crippen LogP contribution in [0.25, 0.3) is 0 Å². The van der Waals surface area contributed by atoms with Crippen LogP contribution in [0.5, 0.6) is 0 Å². The molecule has 0 N–H and O–H groups in total. The molecule has 0 spiro atoms. The van der Waals surface area contributed by atoms with Crippen molar-refractivity contribution >= 4 is 37.8 Å². The Bertz CT molecular complexity index is 435. The quantitative estimate of drug-likeness (QED) is 0.738. The van der Waals surface area contributed by atoms with E-state index in [2.05, 4.69) is 31.9 Å². The van der Waals surface area contributed by atoms with E-state index in [-0.39, 0.29) is 17.6 Å². The fraction of sp³-hybridized carbons (Fsp3) is 0.417. The summed E-state index contributed by atoms with van der Waals surface area (Å²) >= 11 is 6.54. The maximum absolute atomic E-state index is 13.7. The van der Waals surface area contributed by atoms with Crippen molar-refractivity contribution in [3.05, 3.63) is 34.1 Å². The molecule has 1 fully saturated rings. The second-order valence-corrected chi connectivity index (χ2v) is 5.50. The standard InChI is InChI=1S/C12H12Br2FNO2/c13-6-8-7-16(4-5-18-8)12(17)11-9(14)2-1-3-10(11)15/h1-3,8H,4-7H2. The molecule has 1 heterocycles. The molecule has 1 aromatic carbocycles. The van der Waals surface area contributed by atoms with Gasteiger partial charge in [0.1, 0.15) is 5.82 Å². The van der Waals surface area contributed by atoms with Crippen molar-refractivity contribution in [2.24, 2.45) is 0 Å². The Morgan fingerprint density at radius 2 is 2.33 bits per heavy atom. The second kappa shape index (κ2) is 6.12. The molecule has 2 rings (SSSR count). The molecule has 3 nitrogen and oxygen atoms in total. The average molecular weight is 381 g/mol. The van der Waals surface area contributed by atoms with Crippen LogP contribution in [0.15, 0.2) is 22.7 Å². The summed E-state index contributed by atoms with van der Waals surface area (Å²) < 4.78 is 19.7. The SMILES string of the molecule is O=C(c1c(F)cccc1Br)N1CCOC(CBr)C1. The van der Waals surface area contributed by atoms with Gasteiger partial charge in [0.15, 0.2) is 0 Å². The van der Waals surface area contributed by atoms with E-state index in [0.29, 0.717) is 29.5 Å². The van der Waals surface area contributed by atoms with Crippen molar-refractivity contribution in [3.8, 4) is 0 Å². The molecule has 6 heteroatoms. The predicted octanol–water partition coefficient (Wildman–Crippen LogP) is 2.82. The number of hydrogen-bond acceptors (Lipinski definition) is 2. The second-order valence-electron chi connectivity index (χ2n) is 3.99. The lowest BCUT2D eigenvalue weighted by atomic mass is 10.1. The van der Waals surface area contributed by atoms with Crippen molar-refractivity contribution in [2.45, 2.75) is 6.10 Å². The highest BCUT2D eigenvalue weighted by Gasteiger charge is 2.27. The average Bonchev–Trinajstić information content (AvgIpc) is 2.38. The van der Waals surface area contributed by atoms with Crippen LogP contribution in [0.3, 0.4) is 0 Å². The van der Waals surface area contributed by atoms with Crippen LogP contribution < -0.4 is 0 Å². The minimum absolute atomic E-state index is 0.0340. The number of ether oxygens (including phenoxy) is 1. The van der Waals surface area contributed by atoms with Gasteiger partial charge in [-0.25, -0.2) is 4.39 Å². The lowest BCUT2D eigenvalue weighted by molar-refractivity contribution is -0.00986. The smallest absolute Gasteiger partial charge is 0.258 e. The zero-order valence-corrected chi connectivity index (χ0v) is 12.7. The van der Waals surface area contributed by atoms with Crippen molar-refractivity contribution in [3.63, 3.8) is 0 Å². The van der Waals surface area contributed by atoms with Crippen LogP contribution in [-0.2, 0) is 4.74 Å². The number of halogens is 3. The van der Waals surface area contributed by atoms with E-state index in [4.69, 9.17) is 4.74 Å². The van der Waals surface area contributed by atoms with Gasteiger partial charge in [0.25, 0.3) is 5.91 Å². The monoisotopic (exact) mass is 379 g/mol. The number of benzene rings is 1. The largest absolute Gasteiger partial charge is 0.374 e. The van der Waals surface area contributed by atoms with Gasteiger partial charge in [-0.1, -0.05) is 22.0 Å². The van der Waals surface area contributed by atoms with Gasteiger partial charge in [-0.3, -0.25) is 4.79 Å². The molecule has 1 amide bonds. The van der Waals surface area contributed by atoms with Crippen LogP contribution in [0.4, 0.5) is 4.39 Å². The molecule has 1 aliphatic rings. The number of nitrogens with zero attached hydrogens (tertiary/aromatic N) is 1. The molecule has 18 heavy (non-hydrogen) atoms. The Hall–Kier alpha value is -0.460. The van der Waals surface area contributed by atoms with E-state index in [0.717, 1.165) is 0 Å². The van der Waals surface area contributed by atoms with E-state index < -0.39 is 5.82 Å². The summed E-state index contributed by atoms with van der Waals surface area (Å²) in [7, 11) is 0. The summed E-state index contributed by atoms with van der Waals surface area (Å²) in [5.74, 6) is -0.800. The Kier molecular flexibility index (Phi) is 4.75. The molecular weight excluding hydrogens is 369 g/mol. The Morgan fingerprint density at radius 3 is 3.00 bits per heavy atom. The van der Waals surface area contributed by atoms with Crippen molar-refractivity contribution in [1.29, 1.82) is 0 Å². The predicted molar refractivity (Wildman–Crippen MR) is 73.5 cm³/mol. The summed E-state index contributed by atoms with van der Waals surface area (Å²) in [6.45, 7) is 1.45. The van der Waals surface area contributed by atoms with Gasteiger partial charge >= 0.3 is 0 Å².